The van der Waals surface area contributed by atoms with Crippen LogP contribution in [0.1, 0.15) is 38.5 Å². The van der Waals surface area contributed by atoms with Gasteiger partial charge in [-0.2, -0.15) is 0 Å². The van der Waals surface area contributed by atoms with Crippen molar-refractivity contribution in [3.05, 3.63) is 24.3 Å². The van der Waals surface area contributed by atoms with E-state index in [1.807, 2.05) is 0 Å². The Morgan fingerprint density at radius 2 is 1.85 bits per heavy atom. The highest BCUT2D eigenvalue weighted by molar-refractivity contribution is 7.92. The molecule has 2 rings (SSSR count). The molecule has 2 unspecified atom stereocenters. The van der Waals surface area contributed by atoms with Crippen molar-refractivity contribution in [1.29, 1.82) is 0 Å². The van der Waals surface area contributed by atoms with Gasteiger partial charge >= 0.3 is 0 Å². The molecule has 0 radical (unpaired) electrons. The summed E-state index contributed by atoms with van der Waals surface area (Å²) in [5.41, 5.74) is 6.13. The summed E-state index contributed by atoms with van der Waals surface area (Å²) in [5, 5.41) is -0.477. The van der Waals surface area contributed by atoms with Gasteiger partial charge in [0, 0.05) is 6.04 Å². The lowest BCUT2D eigenvalue weighted by atomic mass is 9.97. The second-order valence-electron chi connectivity index (χ2n) is 5.42. The normalized spacial score (nSPS) is 24.7. The van der Waals surface area contributed by atoms with E-state index in [1.54, 1.807) is 24.3 Å². The minimum absolute atomic E-state index is 0.272. The SMILES string of the molecule is COc1cccc(S(=O)(=O)C2CCCCCCC2N)c1. The van der Waals surface area contributed by atoms with Crippen LogP contribution in [0.15, 0.2) is 29.2 Å². The molecule has 0 aliphatic heterocycles. The van der Waals surface area contributed by atoms with E-state index >= 15 is 0 Å². The Hall–Kier alpha value is -1.07. The van der Waals surface area contributed by atoms with Crippen molar-refractivity contribution >= 4 is 9.84 Å². The van der Waals surface area contributed by atoms with E-state index in [0.29, 0.717) is 17.1 Å². The van der Waals surface area contributed by atoms with Gasteiger partial charge in [0.2, 0.25) is 0 Å². The molecule has 1 fully saturated rings. The van der Waals surface area contributed by atoms with E-state index in [0.717, 1.165) is 32.1 Å². The molecule has 1 aliphatic rings. The minimum atomic E-state index is -3.39. The van der Waals surface area contributed by atoms with Crippen molar-refractivity contribution in [2.45, 2.75) is 54.7 Å². The zero-order valence-electron chi connectivity index (χ0n) is 11.9. The lowest BCUT2D eigenvalue weighted by Crippen LogP contribution is -2.41. The molecular formula is C15H23NO3S. The summed E-state index contributed by atoms with van der Waals surface area (Å²) in [6, 6.07) is 6.40. The van der Waals surface area contributed by atoms with Crippen LogP contribution >= 0.6 is 0 Å². The fourth-order valence-corrected chi connectivity index (χ4v) is 4.79. The third kappa shape index (κ3) is 3.33. The van der Waals surface area contributed by atoms with Gasteiger partial charge in [-0.3, -0.25) is 0 Å². The number of hydrogen-bond donors (Lipinski definition) is 1. The molecule has 2 atom stereocenters. The van der Waals surface area contributed by atoms with Crippen LogP contribution in [0.25, 0.3) is 0 Å². The van der Waals surface area contributed by atoms with Crippen molar-refractivity contribution in [3.8, 4) is 5.75 Å². The van der Waals surface area contributed by atoms with Gasteiger partial charge in [0.05, 0.1) is 17.3 Å². The van der Waals surface area contributed by atoms with Gasteiger partial charge in [0.1, 0.15) is 5.75 Å². The van der Waals surface area contributed by atoms with Gasteiger partial charge in [0.15, 0.2) is 9.84 Å². The molecule has 0 bridgehead atoms. The lowest BCUT2D eigenvalue weighted by molar-refractivity contribution is 0.413. The highest BCUT2D eigenvalue weighted by Crippen LogP contribution is 2.28. The first-order valence-electron chi connectivity index (χ1n) is 7.19. The van der Waals surface area contributed by atoms with Crippen LogP contribution in [0.2, 0.25) is 0 Å². The smallest absolute Gasteiger partial charge is 0.182 e. The minimum Gasteiger partial charge on any atom is -0.497 e. The molecule has 20 heavy (non-hydrogen) atoms. The third-order valence-electron chi connectivity index (χ3n) is 4.02. The van der Waals surface area contributed by atoms with Gasteiger partial charge < -0.3 is 10.5 Å². The fourth-order valence-electron chi connectivity index (χ4n) is 2.82. The summed E-state index contributed by atoms with van der Waals surface area (Å²) in [4.78, 5) is 0.317. The average Bonchev–Trinajstić information content (AvgIpc) is 2.43. The largest absolute Gasteiger partial charge is 0.497 e. The van der Waals surface area contributed by atoms with Crippen LogP contribution in [0, 0.1) is 0 Å². The molecule has 5 heteroatoms. The summed E-state index contributed by atoms with van der Waals surface area (Å²) >= 11 is 0. The quantitative estimate of drug-likeness (QED) is 0.930. The number of benzene rings is 1. The number of methoxy groups -OCH3 is 1. The average molecular weight is 297 g/mol. The molecule has 0 saturated heterocycles. The van der Waals surface area contributed by atoms with Crippen LogP contribution in [-0.4, -0.2) is 26.8 Å². The molecule has 112 valence electrons. The highest BCUT2D eigenvalue weighted by Gasteiger charge is 2.33. The zero-order valence-corrected chi connectivity index (χ0v) is 12.7. The second kappa shape index (κ2) is 6.59. The van der Waals surface area contributed by atoms with E-state index in [9.17, 15) is 8.42 Å². The second-order valence-corrected chi connectivity index (χ2v) is 7.58. The molecule has 1 aliphatic carbocycles. The molecule has 1 aromatic carbocycles. The molecule has 1 saturated carbocycles. The number of rotatable bonds is 3. The lowest BCUT2D eigenvalue weighted by Gasteiger charge is -2.26. The van der Waals surface area contributed by atoms with E-state index < -0.39 is 15.1 Å². The molecule has 0 amide bonds. The van der Waals surface area contributed by atoms with Crippen LogP contribution in [0.4, 0.5) is 0 Å². The predicted octanol–water partition coefficient (Wildman–Crippen LogP) is 2.52. The van der Waals surface area contributed by atoms with Gasteiger partial charge in [-0.1, -0.05) is 31.7 Å². The Morgan fingerprint density at radius 1 is 1.15 bits per heavy atom. The monoisotopic (exact) mass is 297 g/mol. The third-order valence-corrected chi connectivity index (χ3v) is 6.32. The summed E-state index contributed by atoms with van der Waals surface area (Å²) in [5.74, 6) is 0.561. The molecule has 1 aromatic rings. The zero-order chi connectivity index (χ0) is 14.6. The molecule has 0 spiro atoms. The standard InChI is InChI=1S/C15H23NO3S/c1-19-12-7-6-8-13(11-12)20(17,18)15-10-5-3-2-4-9-14(15)16/h6-8,11,14-15H,2-5,9-10,16H2,1H3. The van der Waals surface area contributed by atoms with Crippen LogP contribution < -0.4 is 10.5 Å². The Bertz CT molecular complexity index is 542. The Morgan fingerprint density at radius 3 is 2.55 bits per heavy atom. The van der Waals surface area contributed by atoms with Crippen LogP contribution in [0.3, 0.4) is 0 Å². The van der Waals surface area contributed by atoms with E-state index in [1.165, 1.54) is 7.11 Å². The molecule has 0 heterocycles. The summed E-state index contributed by atoms with van der Waals surface area (Å²) in [6.45, 7) is 0. The predicted molar refractivity (Wildman–Crippen MR) is 79.6 cm³/mol. The van der Waals surface area contributed by atoms with Crippen molar-refractivity contribution in [2.24, 2.45) is 5.73 Å². The maximum atomic E-state index is 12.8. The fraction of sp³-hybridized carbons (Fsp3) is 0.600. The van der Waals surface area contributed by atoms with Crippen molar-refractivity contribution in [2.75, 3.05) is 7.11 Å². The van der Waals surface area contributed by atoms with Crippen LogP contribution in [-0.2, 0) is 9.84 Å². The Balaban J connectivity index is 2.31. The molecule has 4 nitrogen and oxygen atoms in total. The first kappa shape index (κ1) is 15.3. The number of sulfone groups is 1. The van der Waals surface area contributed by atoms with Gasteiger partial charge in [0.25, 0.3) is 0 Å². The molecular weight excluding hydrogens is 274 g/mol. The van der Waals surface area contributed by atoms with Crippen LogP contribution in [0.5, 0.6) is 5.75 Å². The topological polar surface area (TPSA) is 69.4 Å². The maximum Gasteiger partial charge on any atom is 0.182 e. The summed E-state index contributed by atoms with van der Waals surface area (Å²) in [6.07, 6.45) is 5.64. The van der Waals surface area contributed by atoms with E-state index in [-0.39, 0.29) is 6.04 Å². The maximum absolute atomic E-state index is 12.8. The first-order chi connectivity index (χ1) is 9.55. The van der Waals surface area contributed by atoms with E-state index in [2.05, 4.69) is 0 Å². The van der Waals surface area contributed by atoms with E-state index in [4.69, 9.17) is 10.5 Å². The van der Waals surface area contributed by atoms with Gasteiger partial charge in [-0.25, -0.2) is 8.42 Å². The van der Waals surface area contributed by atoms with Gasteiger partial charge in [-0.05, 0) is 31.0 Å². The summed E-state index contributed by atoms with van der Waals surface area (Å²) in [7, 11) is -1.85. The number of ether oxygens (including phenoxy) is 1. The van der Waals surface area contributed by atoms with Crippen molar-refractivity contribution in [1.82, 2.24) is 0 Å². The first-order valence-corrected chi connectivity index (χ1v) is 8.74. The number of nitrogens with two attached hydrogens (primary N) is 1. The van der Waals surface area contributed by atoms with Gasteiger partial charge in [-0.15, -0.1) is 0 Å². The van der Waals surface area contributed by atoms with Crippen molar-refractivity contribution in [3.63, 3.8) is 0 Å². The number of hydrogen-bond acceptors (Lipinski definition) is 4. The Labute approximate surface area is 121 Å². The molecule has 0 aromatic heterocycles. The Kier molecular flexibility index (Phi) is 5.05. The molecule has 2 N–H and O–H groups in total. The summed E-state index contributed by atoms with van der Waals surface area (Å²) < 4.78 is 30.7. The highest BCUT2D eigenvalue weighted by atomic mass is 32.2. The van der Waals surface area contributed by atoms with Crippen molar-refractivity contribution < 1.29 is 13.2 Å².